The number of hydrogen-bond acceptors (Lipinski definition) is 3. The Morgan fingerprint density at radius 2 is 1.85 bits per heavy atom. The standard InChI is InChI=1S/C21H26N4OS/c1-16-5-9-18(10-6-16)24(2)15-13-22-21(27)23-17-7-11-19(12-8-17)25-14-3-4-20(25)26/h5-12H,3-4,13-15H2,1-2H3,(H2,22,23,27). The summed E-state index contributed by atoms with van der Waals surface area (Å²) < 4.78 is 0. The second-order valence-corrected chi connectivity index (χ2v) is 7.24. The minimum atomic E-state index is 0.200. The van der Waals surface area contributed by atoms with Crippen LogP contribution in [0.1, 0.15) is 18.4 Å². The fourth-order valence-electron chi connectivity index (χ4n) is 3.09. The zero-order chi connectivity index (χ0) is 19.2. The number of anilines is 3. The van der Waals surface area contributed by atoms with Crippen molar-refractivity contribution in [1.82, 2.24) is 5.32 Å². The number of aryl methyl sites for hydroxylation is 1. The van der Waals surface area contributed by atoms with Crippen molar-refractivity contribution in [3.63, 3.8) is 0 Å². The van der Waals surface area contributed by atoms with Gasteiger partial charge in [0, 0.05) is 50.2 Å². The quantitative estimate of drug-likeness (QED) is 0.749. The van der Waals surface area contributed by atoms with Crippen molar-refractivity contribution in [1.29, 1.82) is 0 Å². The average Bonchev–Trinajstić information content (AvgIpc) is 3.09. The van der Waals surface area contributed by atoms with Gasteiger partial charge in [-0.3, -0.25) is 4.79 Å². The monoisotopic (exact) mass is 382 g/mol. The van der Waals surface area contributed by atoms with Crippen LogP contribution in [0.2, 0.25) is 0 Å². The molecule has 2 aromatic rings. The largest absolute Gasteiger partial charge is 0.373 e. The van der Waals surface area contributed by atoms with Gasteiger partial charge < -0.3 is 20.4 Å². The van der Waals surface area contributed by atoms with Gasteiger partial charge in [-0.1, -0.05) is 17.7 Å². The van der Waals surface area contributed by atoms with Crippen LogP contribution in [-0.2, 0) is 4.79 Å². The molecule has 2 aromatic carbocycles. The van der Waals surface area contributed by atoms with Crippen LogP contribution in [0.4, 0.5) is 17.1 Å². The predicted molar refractivity (Wildman–Crippen MR) is 117 cm³/mol. The van der Waals surface area contributed by atoms with E-state index in [4.69, 9.17) is 12.2 Å². The van der Waals surface area contributed by atoms with E-state index in [1.807, 2.05) is 29.2 Å². The molecule has 1 fully saturated rings. The molecule has 1 aliphatic rings. The first-order valence-electron chi connectivity index (χ1n) is 9.26. The average molecular weight is 383 g/mol. The van der Waals surface area contributed by atoms with Gasteiger partial charge in [-0.2, -0.15) is 0 Å². The van der Waals surface area contributed by atoms with Crippen LogP contribution in [0.3, 0.4) is 0 Å². The zero-order valence-electron chi connectivity index (χ0n) is 15.9. The number of nitrogens with one attached hydrogen (secondary N) is 2. The molecule has 27 heavy (non-hydrogen) atoms. The first kappa shape index (κ1) is 19.2. The number of likely N-dealkylation sites (N-methyl/N-ethyl adjacent to an activating group) is 1. The smallest absolute Gasteiger partial charge is 0.227 e. The van der Waals surface area contributed by atoms with Crippen molar-refractivity contribution in [2.45, 2.75) is 19.8 Å². The van der Waals surface area contributed by atoms with Gasteiger partial charge in [0.15, 0.2) is 5.11 Å². The molecule has 3 rings (SSSR count). The first-order chi connectivity index (χ1) is 13.0. The fraction of sp³-hybridized carbons (Fsp3) is 0.333. The number of nitrogens with zero attached hydrogens (tertiary/aromatic N) is 2. The third-order valence-corrected chi connectivity index (χ3v) is 4.96. The van der Waals surface area contributed by atoms with Gasteiger partial charge in [0.05, 0.1) is 0 Å². The maximum Gasteiger partial charge on any atom is 0.227 e. The fourth-order valence-corrected chi connectivity index (χ4v) is 3.31. The summed E-state index contributed by atoms with van der Waals surface area (Å²) in [4.78, 5) is 15.8. The Kier molecular flexibility index (Phi) is 6.29. The summed E-state index contributed by atoms with van der Waals surface area (Å²) in [6.45, 7) is 4.49. The highest BCUT2D eigenvalue weighted by molar-refractivity contribution is 7.80. The summed E-state index contributed by atoms with van der Waals surface area (Å²) in [5, 5.41) is 7.02. The number of amides is 1. The zero-order valence-corrected chi connectivity index (χ0v) is 16.7. The maximum atomic E-state index is 11.8. The highest BCUT2D eigenvalue weighted by Gasteiger charge is 2.21. The van der Waals surface area contributed by atoms with Crippen molar-refractivity contribution < 1.29 is 4.79 Å². The lowest BCUT2D eigenvalue weighted by Crippen LogP contribution is -2.35. The summed E-state index contributed by atoms with van der Waals surface area (Å²) in [6.07, 6.45) is 1.58. The second-order valence-electron chi connectivity index (χ2n) is 6.83. The number of carbonyl (C=O) groups is 1. The molecular weight excluding hydrogens is 356 g/mol. The van der Waals surface area contributed by atoms with Crippen LogP contribution in [0.5, 0.6) is 0 Å². The molecule has 1 saturated heterocycles. The molecule has 1 amide bonds. The lowest BCUT2D eigenvalue weighted by Gasteiger charge is -2.20. The van der Waals surface area contributed by atoms with Gasteiger partial charge in [0.25, 0.3) is 0 Å². The Bertz CT molecular complexity index is 789. The van der Waals surface area contributed by atoms with E-state index in [-0.39, 0.29) is 5.91 Å². The molecular formula is C21H26N4OS. The Labute approximate surface area is 166 Å². The van der Waals surface area contributed by atoms with Crippen LogP contribution >= 0.6 is 12.2 Å². The van der Waals surface area contributed by atoms with Crippen LogP contribution in [-0.4, -0.2) is 37.7 Å². The topological polar surface area (TPSA) is 47.6 Å². The van der Waals surface area contributed by atoms with E-state index in [0.29, 0.717) is 11.5 Å². The maximum absolute atomic E-state index is 11.8. The molecule has 0 unspecified atom stereocenters. The summed E-state index contributed by atoms with van der Waals surface area (Å²) in [5.41, 5.74) is 4.31. The summed E-state index contributed by atoms with van der Waals surface area (Å²) in [7, 11) is 2.07. The van der Waals surface area contributed by atoms with Crippen LogP contribution in [0.25, 0.3) is 0 Å². The van der Waals surface area contributed by atoms with Gasteiger partial charge in [-0.15, -0.1) is 0 Å². The lowest BCUT2D eigenvalue weighted by atomic mass is 10.2. The number of thiocarbonyl (C=S) groups is 1. The number of carbonyl (C=O) groups excluding carboxylic acids is 1. The molecule has 1 aliphatic heterocycles. The second kappa shape index (κ2) is 8.86. The molecule has 0 aliphatic carbocycles. The molecule has 2 N–H and O–H groups in total. The van der Waals surface area contributed by atoms with E-state index in [1.165, 1.54) is 11.3 Å². The molecule has 0 aromatic heterocycles. The highest BCUT2D eigenvalue weighted by Crippen LogP contribution is 2.23. The van der Waals surface area contributed by atoms with Gasteiger partial charge in [0.2, 0.25) is 5.91 Å². The van der Waals surface area contributed by atoms with Crippen LogP contribution in [0.15, 0.2) is 48.5 Å². The van der Waals surface area contributed by atoms with E-state index < -0.39 is 0 Å². The molecule has 0 bridgehead atoms. The van der Waals surface area contributed by atoms with Gasteiger partial charge in [-0.05, 0) is 62.0 Å². The van der Waals surface area contributed by atoms with Crippen molar-refractivity contribution in [2.75, 3.05) is 41.8 Å². The Hall–Kier alpha value is -2.60. The number of rotatable bonds is 6. The molecule has 0 atom stereocenters. The molecule has 6 heteroatoms. The lowest BCUT2D eigenvalue weighted by molar-refractivity contribution is -0.117. The van der Waals surface area contributed by atoms with Crippen molar-refractivity contribution in [3.8, 4) is 0 Å². The molecule has 5 nitrogen and oxygen atoms in total. The SMILES string of the molecule is Cc1ccc(N(C)CCNC(=S)Nc2ccc(N3CCCC3=O)cc2)cc1. The van der Waals surface area contributed by atoms with E-state index in [1.54, 1.807) is 0 Å². The van der Waals surface area contributed by atoms with Crippen molar-refractivity contribution in [3.05, 3.63) is 54.1 Å². The molecule has 142 valence electrons. The Morgan fingerprint density at radius 3 is 2.48 bits per heavy atom. The van der Waals surface area contributed by atoms with Crippen molar-refractivity contribution >= 4 is 40.3 Å². The van der Waals surface area contributed by atoms with E-state index in [2.05, 4.69) is 53.8 Å². The summed E-state index contributed by atoms with van der Waals surface area (Å²) >= 11 is 5.38. The summed E-state index contributed by atoms with van der Waals surface area (Å²) in [5.74, 6) is 0.200. The number of hydrogen-bond donors (Lipinski definition) is 2. The van der Waals surface area contributed by atoms with Gasteiger partial charge >= 0.3 is 0 Å². The third kappa shape index (κ3) is 5.20. The van der Waals surface area contributed by atoms with Gasteiger partial charge in [-0.25, -0.2) is 0 Å². The molecule has 0 spiro atoms. The molecule has 0 radical (unpaired) electrons. The minimum absolute atomic E-state index is 0.200. The highest BCUT2D eigenvalue weighted by atomic mass is 32.1. The Morgan fingerprint density at radius 1 is 1.15 bits per heavy atom. The molecule has 1 heterocycles. The van der Waals surface area contributed by atoms with Crippen LogP contribution < -0.4 is 20.4 Å². The normalized spacial score (nSPS) is 13.6. The minimum Gasteiger partial charge on any atom is -0.373 e. The van der Waals surface area contributed by atoms with Crippen molar-refractivity contribution in [2.24, 2.45) is 0 Å². The van der Waals surface area contributed by atoms with E-state index in [0.717, 1.165) is 37.4 Å². The Balaban J connectivity index is 1.43. The molecule has 0 saturated carbocycles. The first-order valence-corrected chi connectivity index (χ1v) is 9.67. The third-order valence-electron chi connectivity index (χ3n) is 4.72. The predicted octanol–water partition coefficient (Wildman–Crippen LogP) is 3.54. The number of benzene rings is 2. The van der Waals surface area contributed by atoms with E-state index >= 15 is 0 Å². The van der Waals surface area contributed by atoms with E-state index in [9.17, 15) is 4.79 Å². The van der Waals surface area contributed by atoms with Gasteiger partial charge in [0.1, 0.15) is 0 Å². The summed E-state index contributed by atoms with van der Waals surface area (Å²) in [6, 6.07) is 16.3. The van der Waals surface area contributed by atoms with Crippen LogP contribution in [0, 0.1) is 6.92 Å².